The molecule has 0 aliphatic rings. The minimum absolute atomic E-state index is 0.0374. The van der Waals surface area contributed by atoms with E-state index in [2.05, 4.69) is 26.2 Å². The maximum absolute atomic E-state index is 12.1. The average molecular weight is 371 g/mol. The second kappa shape index (κ2) is 6.23. The molecule has 1 heterocycles. The third-order valence-corrected chi connectivity index (χ3v) is 3.55. The molecule has 20 heavy (non-hydrogen) atoms. The minimum atomic E-state index is -0.483. The van der Waals surface area contributed by atoms with E-state index in [-0.39, 0.29) is 15.9 Å². The van der Waals surface area contributed by atoms with Crippen molar-refractivity contribution in [3.8, 4) is 6.07 Å². The Kier molecular flexibility index (Phi) is 4.61. The fourth-order valence-electron chi connectivity index (χ4n) is 1.45. The van der Waals surface area contributed by atoms with Gasteiger partial charge in [-0.3, -0.25) is 4.79 Å². The summed E-state index contributed by atoms with van der Waals surface area (Å²) in [4.78, 5) is 16.0. The largest absolute Gasteiger partial charge is 0.320 e. The van der Waals surface area contributed by atoms with Gasteiger partial charge in [-0.1, -0.05) is 23.2 Å². The molecular formula is C13H6BrCl2N3O. The van der Waals surface area contributed by atoms with E-state index in [0.717, 1.165) is 0 Å². The maximum atomic E-state index is 12.1. The van der Waals surface area contributed by atoms with E-state index in [9.17, 15) is 4.79 Å². The Hall–Kier alpha value is -1.61. The van der Waals surface area contributed by atoms with Gasteiger partial charge in [0.05, 0.1) is 22.3 Å². The van der Waals surface area contributed by atoms with Crippen LogP contribution in [0.3, 0.4) is 0 Å². The van der Waals surface area contributed by atoms with E-state index >= 15 is 0 Å². The van der Waals surface area contributed by atoms with E-state index in [1.807, 2.05) is 6.07 Å². The van der Waals surface area contributed by atoms with Crippen LogP contribution < -0.4 is 5.32 Å². The highest BCUT2D eigenvalue weighted by Crippen LogP contribution is 2.25. The van der Waals surface area contributed by atoms with Crippen molar-refractivity contribution >= 4 is 50.7 Å². The number of halogens is 3. The van der Waals surface area contributed by atoms with Gasteiger partial charge in [0.2, 0.25) is 0 Å². The highest BCUT2D eigenvalue weighted by atomic mass is 79.9. The molecule has 0 saturated heterocycles. The normalized spacial score (nSPS) is 9.90. The van der Waals surface area contributed by atoms with Crippen LogP contribution in [0.25, 0.3) is 0 Å². The first-order valence-corrected chi connectivity index (χ1v) is 6.89. The van der Waals surface area contributed by atoms with E-state index in [1.54, 1.807) is 18.2 Å². The van der Waals surface area contributed by atoms with Gasteiger partial charge in [-0.25, -0.2) is 4.98 Å². The Morgan fingerprint density at radius 1 is 1.30 bits per heavy atom. The fraction of sp³-hybridized carbons (Fsp3) is 0. The predicted octanol–water partition coefficient (Wildman–Crippen LogP) is 4.27. The Morgan fingerprint density at radius 2 is 2.05 bits per heavy atom. The number of nitrogens with zero attached hydrogens (tertiary/aromatic N) is 2. The molecule has 1 N–H and O–H groups in total. The zero-order valence-electron chi connectivity index (χ0n) is 9.82. The molecule has 1 amide bonds. The van der Waals surface area contributed by atoms with Crippen molar-refractivity contribution in [1.29, 1.82) is 5.26 Å². The van der Waals surface area contributed by atoms with Gasteiger partial charge in [0.25, 0.3) is 5.91 Å². The molecule has 0 aliphatic heterocycles. The first kappa shape index (κ1) is 14.8. The van der Waals surface area contributed by atoms with Crippen molar-refractivity contribution in [1.82, 2.24) is 4.98 Å². The van der Waals surface area contributed by atoms with Crippen LogP contribution in [0, 0.1) is 11.3 Å². The van der Waals surface area contributed by atoms with Crippen molar-refractivity contribution in [2.45, 2.75) is 0 Å². The first-order chi connectivity index (χ1) is 9.51. The van der Waals surface area contributed by atoms with Crippen LogP contribution >= 0.6 is 39.1 Å². The lowest BCUT2D eigenvalue weighted by atomic mass is 10.2. The second-order valence-corrected chi connectivity index (χ2v) is 5.37. The molecule has 0 spiro atoms. The van der Waals surface area contributed by atoms with Crippen LogP contribution in [-0.2, 0) is 0 Å². The van der Waals surface area contributed by atoms with Crippen molar-refractivity contribution in [3.63, 3.8) is 0 Å². The van der Waals surface area contributed by atoms with E-state index in [4.69, 9.17) is 28.5 Å². The van der Waals surface area contributed by atoms with Gasteiger partial charge in [-0.05, 0) is 46.3 Å². The van der Waals surface area contributed by atoms with Crippen LogP contribution in [0.1, 0.15) is 16.1 Å². The number of hydrogen-bond acceptors (Lipinski definition) is 3. The lowest BCUT2D eigenvalue weighted by Gasteiger charge is -2.08. The molecule has 0 saturated carbocycles. The third kappa shape index (κ3) is 3.28. The predicted molar refractivity (Wildman–Crippen MR) is 81.1 cm³/mol. The zero-order valence-corrected chi connectivity index (χ0v) is 12.9. The smallest absolute Gasteiger partial charge is 0.275 e. The van der Waals surface area contributed by atoms with E-state index in [1.165, 1.54) is 12.1 Å². The molecule has 1 aromatic heterocycles. The van der Waals surface area contributed by atoms with Crippen molar-refractivity contribution in [3.05, 3.63) is 56.2 Å². The van der Waals surface area contributed by atoms with Gasteiger partial charge < -0.3 is 5.32 Å². The monoisotopic (exact) mass is 369 g/mol. The first-order valence-electron chi connectivity index (χ1n) is 5.34. The van der Waals surface area contributed by atoms with Gasteiger partial charge in [0, 0.05) is 4.47 Å². The number of benzene rings is 1. The molecule has 0 fully saturated rings. The van der Waals surface area contributed by atoms with Gasteiger partial charge in [-0.2, -0.15) is 5.26 Å². The number of carbonyl (C=O) groups excluding carboxylic acids is 1. The van der Waals surface area contributed by atoms with E-state index in [0.29, 0.717) is 15.7 Å². The molecule has 0 bridgehead atoms. The number of nitriles is 1. The van der Waals surface area contributed by atoms with Gasteiger partial charge in [0.1, 0.15) is 10.8 Å². The van der Waals surface area contributed by atoms with Crippen molar-refractivity contribution < 1.29 is 4.79 Å². The summed E-state index contributed by atoms with van der Waals surface area (Å²) in [5.41, 5.74) is 1.02. The number of pyridine rings is 1. The maximum Gasteiger partial charge on any atom is 0.275 e. The summed E-state index contributed by atoms with van der Waals surface area (Å²) in [6.45, 7) is 0. The molecule has 4 nitrogen and oxygen atoms in total. The zero-order chi connectivity index (χ0) is 14.7. The molecule has 1 aromatic carbocycles. The SMILES string of the molecule is N#Cc1ccc(NC(=O)c2nc(Cl)ccc2Cl)c(Br)c1. The summed E-state index contributed by atoms with van der Waals surface area (Å²) in [5.74, 6) is -0.483. The number of amides is 1. The molecule has 7 heteroatoms. The lowest BCUT2D eigenvalue weighted by molar-refractivity contribution is 0.102. The second-order valence-electron chi connectivity index (χ2n) is 3.72. The number of rotatable bonds is 2. The molecule has 0 unspecified atom stereocenters. The third-order valence-electron chi connectivity index (χ3n) is 2.37. The number of anilines is 1. The average Bonchev–Trinajstić information content (AvgIpc) is 2.43. The van der Waals surface area contributed by atoms with Crippen molar-refractivity contribution in [2.75, 3.05) is 5.32 Å². The Bertz CT molecular complexity index is 728. The standard InChI is InChI=1S/C13H6BrCl2N3O/c14-8-5-7(6-17)1-3-10(8)18-13(20)12-9(15)2-4-11(16)19-12/h1-5H,(H,18,20). The molecular weight excluding hydrogens is 365 g/mol. The number of nitrogens with one attached hydrogen (secondary N) is 1. The molecule has 2 rings (SSSR count). The minimum Gasteiger partial charge on any atom is -0.320 e. The number of hydrogen-bond donors (Lipinski definition) is 1. The fourth-order valence-corrected chi connectivity index (χ4v) is 2.26. The molecule has 100 valence electrons. The van der Waals surface area contributed by atoms with Crippen LogP contribution in [0.15, 0.2) is 34.8 Å². The van der Waals surface area contributed by atoms with Crippen LogP contribution in [-0.4, -0.2) is 10.9 Å². The van der Waals surface area contributed by atoms with Crippen LogP contribution in [0.2, 0.25) is 10.2 Å². The Labute approximate surface area is 133 Å². The topological polar surface area (TPSA) is 65.8 Å². The summed E-state index contributed by atoms with van der Waals surface area (Å²) in [5, 5.41) is 11.8. The van der Waals surface area contributed by atoms with Crippen molar-refractivity contribution in [2.24, 2.45) is 0 Å². The quantitative estimate of drug-likeness (QED) is 0.802. The number of aromatic nitrogens is 1. The number of carbonyl (C=O) groups is 1. The van der Waals surface area contributed by atoms with E-state index < -0.39 is 5.91 Å². The molecule has 0 radical (unpaired) electrons. The summed E-state index contributed by atoms with van der Waals surface area (Å²) >= 11 is 14.9. The summed E-state index contributed by atoms with van der Waals surface area (Å²) < 4.78 is 0.586. The summed E-state index contributed by atoms with van der Waals surface area (Å²) in [6.07, 6.45) is 0. The Morgan fingerprint density at radius 3 is 2.70 bits per heavy atom. The summed E-state index contributed by atoms with van der Waals surface area (Å²) in [6, 6.07) is 9.80. The van der Waals surface area contributed by atoms with Gasteiger partial charge >= 0.3 is 0 Å². The van der Waals surface area contributed by atoms with Crippen LogP contribution in [0.5, 0.6) is 0 Å². The molecule has 0 aliphatic carbocycles. The lowest BCUT2D eigenvalue weighted by Crippen LogP contribution is -2.14. The van der Waals surface area contributed by atoms with Gasteiger partial charge in [-0.15, -0.1) is 0 Å². The Balaban J connectivity index is 2.28. The highest BCUT2D eigenvalue weighted by molar-refractivity contribution is 9.10. The van der Waals surface area contributed by atoms with Crippen LogP contribution in [0.4, 0.5) is 5.69 Å². The van der Waals surface area contributed by atoms with Gasteiger partial charge in [0.15, 0.2) is 0 Å². The summed E-state index contributed by atoms with van der Waals surface area (Å²) in [7, 11) is 0. The molecule has 0 atom stereocenters. The highest BCUT2D eigenvalue weighted by Gasteiger charge is 2.14. The molecule has 2 aromatic rings.